The fourth-order valence-electron chi connectivity index (χ4n) is 10.2. The van der Waals surface area contributed by atoms with Crippen molar-refractivity contribution in [3.63, 3.8) is 0 Å². The zero-order valence-electron chi connectivity index (χ0n) is 30.9. The van der Waals surface area contributed by atoms with Crippen LogP contribution in [0.25, 0.3) is 56.0 Å². The Labute approximate surface area is 315 Å². The topological polar surface area (TPSA) is 119 Å². The predicted molar refractivity (Wildman–Crippen MR) is 213 cm³/mol. The quantitative estimate of drug-likeness (QED) is 0.132. The zero-order chi connectivity index (χ0) is 36.5. The third-order valence-electron chi connectivity index (χ3n) is 13.5. The van der Waals surface area contributed by atoms with Gasteiger partial charge in [-0.2, -0.15) is 0 Å². The number of hydrogen-bond acceptors (Lipinski definition) is 5. The summed E-state index contributed by atoms with van der Waals surface area (Å²) in [5.74, 6) is 3.87. The Morgan fingerprint density at radius 3 is 1.48 bits per heavy atom. The van der Waals surface area contributed by atoms with E-state index >= 15 is 0 Å². The molecule has 4 bridgehead atoms. The highest BCUT2D eigenvalue weighted by atomic mass is 16.2. The summed E-state index contributed by atoms with van der Waals surface area (Å²) in [6, 6.07) is 29.7. The first-order chi connectivity index (χ1) is 26.3. The first-order valence-corrected chi connectivity index (χ1v) is 19.9. The lowest BCUT2D eigenvalue weighted by molar-refractivity contribution is 0.0879. The molecule has 54 heavy (non-hydrogen) atoms. The second-order valence-electron chi connectivity index (χ2n) is 16.6. The Kier molecular flexibility index (Phi) is 8.16. The molecule has 2 saturated heterocycles. The Morgan fingerprint density at radius 2 is 1.02 bits per heavy atom. The number of carbonyl (C=O) groups is 2. The van der Waals surface area contributed by atoms with Gasteiger partial charge in [-0.25, -0.2) is 9.97 Å². The number of nitrogens with zero attached hydrogens (tertiary/aromatic N) is 3. The van der Waals surface area contributed by atoms with Crippen LogP contribution in [0.5, 0.6) is 0 Å². The highest BCUT2D eigenvalue weighted by Gasteiger charge is 2.41. The van der Waals surface area contributed by atoms with Crippen LogP contribution in [0, 0.1) is 17.8 Å². The Bertz CT molecular complexity index is 2180. The standard InChI is InChI=1S/C45H47N7O2/c1-25-30-11-12-31(25)20-34(19-30)46-44(53)28-7-3-26(4-8-28)42-48-38-17-13-32(21-40(38)50-42)33-14-18-39-41(22-33)51-43(49-39)27-5-9-29(10-6-27)45(54)47-35-23-36-15-16-37(24-35)52(36)2/h3-10,13-14,17-18,21-22,25,30-31,34-37H,11-12,15-16,19-20,23-24H2,1-2H3,(H,46,53)(H,47,54)(H,48,50)(H,49,51). The van der Waals surface area contributed by atoms with E-state index in [0.29, 0.717) is 23.2 Å². The SMILES string of the molecule is CC1C2CCC1CC(NC(=O)c1ccc(-c3nc4ccc(-c5ccc6nc(-c7ccc(C(=O)NC8CC9CCC(C8)N9C)cc7)[nH]c6c5)cc4[nH]3)cc1)C2. The van der Waals surface area contributed by atoms with Gasteiger partial charge >= 0.3 is 0 Å². The molecular formula is C45H47N7O2. The number of rotatable bonds is 7. The van der Waals surface area contributed by atoms with Crippen LogP contribution in [0.3, 0.4) is 0 Å². The summed E-state index contributed by atoms with van der Waals surface area (Å²) < 4.78 is 0. The van der Waals surface area contributed by atoms with Crippen molar-refractivity contribution < 1.29 is 9.59 Å². The summed E-state index contributed by atoms with van der Waals surface area (Å²) in [7, 11) is 2.22. The van der Waals surface area contributed by atoms with Crippen LogP contribution < -0.4 is 10.6 Å². The van der Waals surface area contributed by atoms with Crippen molar-refractivity contribution >= 4 is 33.9 Å². The molecule has 2 amide bonds. The van der Waals surface area contributed by atoms with Crippen molar-refractivity contribution in [2.75, 3.05) is 7.05 Å². The third-order valence-corrected chi connectivity index (χ3v) is 13.5. The first kappa shape index (κ1) is 33.3. The van der Waals surface area contributed by atoms with E-state index in [-0.39, 0.29) is 23.9 Å². The highest BCUT2D eigenvalue weighted by molar-refractivity contribution is 5.96. The number of amides is 2. The molecule has 10 rings (SSSR count). The molecule has 2 aromatic heterocycles. The van der Waals surface area contributed by atoms with Gasteiger partial charge in [0.25, 0.3) is 11.8 Å². The molecule has 4 unspecified atom stereocenters. The van der Waals surface area contributed by atoms with Gasteiger partial charge in [-0.15, -0.1) is 0 Å². The van der Waals surface area contributed by atoms with Crippen molar-refractivity contribution in [2.45, 2.75) is 82.5 Å². The van der Waals surface area contributed by atoms with Gasteiger partial charge in [-0.1, -0.05) is 43.3 Å². The van der Waals surface area contributed by atoms with Crippen molar-refractivity contribution in [3.8, 4) is 33.9 Å². The summed E-state index contributed by atoms with van der Waals surface area (Å²) in [6.07, 6.45) is 9.38. The van der Waals surface area contributed by atoms with Crippen LogP contribution in [0.4, 0.5) is 0 Å². The number of piperidine rings is 1. The van der Waals surface area contributed by atoms with Gasteiger partial charge < -0.3 is 25.5 Å². The minimum absolute atomic E-state index is 0.000866. The van der Waals surface area contributed by atoms with Gasteiger partial charge in [0, 0.05) is 46.4 Å². The molecule has 2 aliphatic carbocycles. The lowest BCUT2D eigenvalue weighted by Crippen LogP contribution is -2.48. The number of hydrogen-bond donors (Lipinski definition) is 4. The van der Waals surface area contributed by atoms with E-state index in [2.05, 4.69) is 63.7 Å². The van der Waals surface area contributed by atoms with Crippen LogP contribution in [-0.4, -0.2) is 67.9 Å². The number of aromatic amines is 2. The zero-order valence-corrected chi connectivity index (χ0v) is 30.9. The van der Waals surface area contributed by atoms with Crippen molar-refractivity contribution in [1.82, 2.24) is 35.5 Å². The molecule has 0 spiro atoms. The fourth-order valence-corrected chi connectivity index (χ4v) is 10.2. The van der Waals surface area contributed by atoms with Gasteiger partial charge in [-0.05, 0) is 136 Å². The van der Waals surface area contributed by atoms with Crippen LogP contribution in [0.15, 0.2) is 84.9 Å². The largest absolute Gasteiger partial charge is 0.349 e. The van der Waals surface area contributed by atoms with Crippen molar-refractivity contribution in [3.05, 3.63) is 96.1 Å². The molecule has 2 saturated carbocycles. The van der Waals surface area contributed by atoms with E-state index in [1.54, 1.807) is 0 Å². The van der Waals surface area contributed by atoms with E-state index in [1.807, 2.05) is 60.7 Å². The van der Waals surface area contributed by atoms with Gasteiger partial charge in [0.05, 0.1) is 22.1 Å². The van der Waals surface area contributed by atoms with Crippen molar-refractivity contribution in [2.24, 2.45) is 17.8 Å². The summed E-state index contributed by atoms with van der Waals surface area (Å²) >= 11 is 0. The van der Waals surface area contributed by atoms with Crippen LogP contribution >= 0.6 is 0 Å². The number of imidazole rings is 2. The van der Waals surface area contributed by atoms with Crippen LogP contribution in [0.2, 0.25) is 0 Å². The predicted octanol–water partition coefficient (Wildman–Crippen LogP) is 8.35. The molecule has 6 aromatic rings. The molecule has 4 N–H and O–H groups in total. The number of carbonyl (C=O) groups excluding carboxylic acids is 2. The normalized spacial score (nSPS) is 26.4. The molecule has 4 aromatic carbocycles. The lowest BCUT2D eigenvalue weighted by Gasteiger charge is -2.36. The number of fused-ring (bicyclic) bond motifs is 6. The summed E-state index contributed by atoms with van der Waals surface area (Å²) in [4.78, 5) is 45.4. The monoisotopic (exact) mass is 717 g/mol. The molecule has 4 heterocycles. The van der Waals surface area contributed by atoms with Gasteiger partial charge in [0.2, 0.25) is 0 Å². The number of nitrogens with one attached hydrogen (secondary N) is 4. The van der Waals surface area contributed by atoms with E-state index < -0.39 is 0 Å². The van der Waals surface area contributed by atoms with E-state index in [0.717, 1.165) is 99.4 Å². The molecular weight excluding hydrogens is 671 g/mol. The van der Waals surface area contributed by atoms with Crippen molar-refractivity contribution in [1.29, 1.82) is 0 Å². The lowest BCUT2D eigenvalue weighted by atomic mass is 9.77. The van der Waals surface area contributed by atoms with E-state index in [1.165, 1.54) is 25.7 Å². The molecule has 4 atom stereocenters. The molecule has 4 aliphatic rings. The fraction of sp³-hybridized carbons (Fsp3) is 0.378. The van der Waals surface area contributed by atoms with Crippen LogP contribution in [-0.2, 0) is 0 Å². The molecule has 2 aliphatic heterocycles. The number of H-pyrrole nitrogens is 2. The summed E-state index contributed by atoms with van der Waals surface area (Å²) in [6.45, 7) is 2.39. The molecule has 0 radical (unpaired) electrons. The van der Waals surface area contributed by atoms with E-state index in [4.69, 9.17) is 9.97 Å². The van der Waals surface area contributed by atoms with E-state index in [9.17, 15) is 9.59 Å². The number of benzene rings is 4. The maximum absolute atomic E-state index is 13.1. The minimum atomic E-state index is -0.000866. The highest BCUT2D eigenvalue weighted by Crippen LogP contribution is 2.46. The third kappa shape index (κ3) is 6.08. The molecule has 274 valence electrons. The maximum atomic E-state index is 13.1. The summed E-state index contributed by atoms with van der Waals surface area (Å²) in [5.41, 5.74) is 9.05. The first-order valence-electron chi connectivity index (χ1n) is 19.9. The molecule has 4 fully saturated rings. The number of aromatic nitrogens is 4. The van der Waals surface area contributed by atoms with Gasteiger partial charge in [0.1, 0.15) is 11.6 Å². The molecule has 9 nitrogen and oxygen atoms in total. The Morgan fingerprint density at radius 1 is 0.593 bits per heavy atom. The summed E-state index contributed by atoms with van der Waals surface area (Å²) in [5, 5.41) is 6.61. The molecule has 9 heteroatoms. The average Bonchev–Trinajstić information content (AvgIpc) is 3.90. The minimum Gasteiger partial charge on any atom is -0.349 e. The maximum Gasteiger partial charge on any atom is 0.251 e. The van der Waals surface area contributed by atoms with Gasteiger partial charge in [-0.3, -0.25) is 9.59 Å². The average molecular weight is 718 g/mol. The second-order valence-corrected chi connectivity index (χ2v) is 16.6. The van der Waals surface area contributed by atoms with Crippen LogP contribution in [0.1, 0.15) is 79.0 Å². The van der Waals surface area contributed by atoms with Gasteiger partial charge in [0.15, 0.2) is 0 Å². The Balaban J connectivity index is 0.808. The Hall–Kier alpha value is -5.28. The smallest absolute Gasteiger partial charge is 0.251 e. The second kappa shape index (κ2) is 13.2.